The predicted molar refractivity (Wildman–Crippen MR) is 88.6 cm³/mol. The second kappa shape index (κ2) is 7.81. The lowest BCUT2D eigenvalue weighted by Gasteiger charge is -2.17. The van der Waals surface area contributed by atoms with E-state index in [2.05, 4.69) is 21.2 Å². The molecule has 8 heteroatoms. The van der Waals surface area contributed by atoms with Crippen LogP contribution in [0.1, 0.15) is 43.5 Å². The zero-order valence-corrected chi connectivity index (χ0v) is 15.5. The molecule has 118 valence electrons. The van der Waals surface area contributed by atoms with Crippen molar-refractivity contribution in [3.63, 3.8) is 0 Å². The third-order valence-electron chi connectivity index (χ3n) is 2.98. The smallest absolute Gasteiger partial charge is 0.262 e. The SMILES string of the molecule is CCCC(CC)NC(=O)c1cc(Br)cc(S(=O)(=O)Cl)c1Cl. The van der Waals surface area contributed by atoms with Gasteiger partial charge in [0.15, 0.2) is 0 Å². The molecule has 0 aliphatic heterocycles. The number of benzene rings is 1. The van der Waals surface area contributed by atoms with Crippen molar-refractivity contribution in [1.82, 2.24) is 5.32 Å². The number of carbonyl (C=O) groups excluding carboxylic acids is 1. The fourth-order valence-corrected chi connectivity index (χ4v) is 4.08. The highest BCUT2D eigenvalue weighted by Crippen LogP contribution is 2.31. The number of carbonyl (C=O) groups is 1. The van der Waals surface area contributed by atoms with E-state index >= 15 is 0 Å². The summed E-state index contributed by atoms with van der Waals surface area (Å²) < 4.78 is 23.4. The highest BCUT2D eigenvalue weighted by atomic mass is 79.9. The molecule has 0 fully saturated rings. The molecule has 0 saturated heterocycles. The first-order valence-electron chi connectivity index (χ1n) is 6.45. The molecule has 0 aliphatic carbocycles. The van der Waals surface area contributed by atoms with Crippen molar-refractivity contribution in [3.8, 4) is 0 Å². The molecule has 0 saturated carbocycles. The molecule has 0 aliphatic rings. The Labute approximate surface area is 142 Å². The summed E-state index contributed by atoms with van der Waals surface area (Å²) >= 11 is 9.18. The first-order chi connectivity index (χ1) is 9.70. The van der Waals surface area contributed by atoms with Crippen molar-refractivity contribution in [1.29, 1.82) is 0 Å². The summed E-state index contributed by atoms with van der Waals surface area (Å²) in [7, 11) is 1.30. The molecule has 1 rings (SSSR count). The van der Waals surface area contributed by atoms with Crippen LogP contribution in [-0.2, 0) is 9.05 Å². The molecule has 0 bridgehead atoms. The van der Waals surface area contributed by atoms with Gasteiger partial charge in [0.05, 0.1) is 10.6 Å². The van der Waals surface area contributed by atoms with Gasteiger partial charge >= 0.3 is 0 Å². The van der Waals surface area contributed by atoms with Crippen molar-refractivity contribution in [2.24, 2.45) is 0 Å². The summed E-state index contributed by atoms with van der Waals surface area (Å²) in [5.41, 5.74) is 0.0832. The lowest BCUT2D eigenvalue weighted by Crippen LogP contribution is -2.34. The third kappa shape index (κ3) is 5.13. The molecule has 1 atom stereocenters. The summed E-state index contributed by atoms with van der Waals surface area (Å²) in [6.45, 7) is 4.00. The Balaban J connectivity index is 3.19. The van der Waals surface area contributed by atoms with Crippen LogP contribution in [0.5, 0.6) is 0 Å². The van der Waals surface area contributed by atoms with E-state index in [0.29, 0.717) is 4.47 Å². The van der Waals surface area contributed by atoms with Crippen LogP contribution >= 0.6 is 38.2 Å². The van der Waals surface area contributed by atoms with Gasteiger partial charge in [0.2, 0.25) is 0 Å². The van der Waals surface area contributed by atoms with Crippen molar-refractivity contribution in [2.75, 3.05) is 0 Å². The maximum Gasteiger partial charge on any atom is 0.262 e. The van der Waals surface area contributed by atoms with E-state index < -0.39 is 15.0 Å². The van der Waals surface area contributed by atoms with E-state index in [0.717, 1.165) is 19.3 Å². The molecule has 1 amide bonds. The van der Waals surface area contributed by atoms with Crippen LogP contribution in [0.4, 0.5) is 0 Å². The van der Waals surface area contributed by atoms with Crippen molar-refractivity contribution < 1.29 is 13.2 Å². The Bertz CT molecular complexity index is 635. The summed E-state index contributed by atoms with van der Waals surface area (Å²) in [6, 6.07) is 2.76. The number of hydrogen-bond donors (Lipinski definition) is 1. The zero-order valence-electron chi connectivity index (χ0n) is 11.6. The van der Waals surface area contributed by atoms with Gasteiger partial charge in [-0.25, -0.2) is 8.42 Å². The lowest BCUT2D eigenvalue weighted by atomic mass is 10.1. The standard InChI is InChI=1S/C13H16BrCl2NO3S/c1-3-5-9(4-2)17-13(18)10-6-8(14)7-11(12(10)15)21(16,19)20/h6-7,9H,3-5H2,1-2H3,(H,17,18). The van der Waals surface area contributed by atoms with Gasteiger partial charge in [0, 0.05) is 21.2 Å². The summed E-state index contributed by atoms with van der Waals surface area (Å²) in [4.78, 5) is 12.0. The lowest BCUT2D eigenvalue weighted by molar-refractivity contribution is 0.0933. The molecule has 1 N–H and O–H groups in total. The van der Waals surface area contributed by atoms with Crippen LogP contribution in [0, 0.1) is 0 Å². The van der Waals surface area contributed by atoms with Gasteiger partial charge in [0.25, 0.3) is 15.0 Å². The molecular weight excluding hydrogens is 401 g/mol. The molecule has 1 aromatic rings. The quantitative estimate of drug-likeness (QED) is 0.701. The Morgan fingerprint density at radius 3 is 2.48 bits per heavy atom. The van der Waals surface area contributed by atoms with Gasteiger partial charge in [-0.2, -0.15) is 0 Å². The predicted octanol–water partition coefficient (Wildman–Crippen LogP) is 4.34. The second-order valence-electron chi connectivity index (χ2n) is 4.57. The molecule has 1 aromatic carbocycles. The maximum absolute atomic E-state index is 12.3. The van der Waals surface area contributed by atoms with Crippen molar-refractivity contribution in [3.05, 3.63) is 27.2 Å². The van der Waals surface area contributed by atoms with Crippen molar-refractivity contribution >= 4 is 53.2 Å². The van der Waals surface area contributed by atoms with Crippen LogP contribution in [0.15, 0.2) is 21.5 Å². The Morgan fingerprint density at radius 1 is 1.38 bits per heavy atom. The molecule has 0 aromatic heterocycles. The van der Waals surface area contributed by atoms with E-state index in [4.69, 9.17) is 22.3 Å². The fourth-order valence-electron chi connectivity index (χ4n) is 1.90. The van der Waals surface area contributed by atoms with Gasteiger partial charge in [0.1, 0.15) is 4.90 Å². The molecule has 1 unspecified atom stereocenters. The van der Waals surface area contributed by atoms with Crippen LogP contribution in [-0.4, -0.2) is 20.4 Å². The van der Waals surface area contributed by atoms with Gasteiger partial charge in [-0.15, -0.1) is 0 Å². The average Bonchev–Trinajstić information content (AvgIpc) is 2.39. The van der Waals surface area contributed by atoms with Crippen LogP contribution in [0.25, 0.3) is 0 Å². The molecule has 0 radical (unpaired) electrons. The highest BCUT2D eigenvalue weighted by Gasteiger charge is 2.23. The minimum absolute atomic E-state index is 0.0219. The molecule has 0 heterocycles. The Morgan fingerprint density at radius 2 is 2.00 bits per heavy atom. The summed E-state index contributed by atoms with van der Waals surface area (Å²) in [5.74, 6) is -0.414. The molecule has 0 spiro atoms. The largest absolute Gasteiger partial charge is 0.349 e. The first-order valence-corrected chi connectivity index (χ1v) is 9.93. The first kappa shape index (κ1) is 18.7. The highest BCUT2D eigenvalue weighted by molar-refractivity contribution is 9.10. The number of hydrogen-bond acceptors (Lipinski definition) is 3. The fraction of sp³-hybridized carbons (Fsp3) is 0.462. The monoisotopic (exact) mass is 415 g/mol. The molecular formula is C13H16BrCl2NO3S. The Kier molecular flexibility index (Phi) is 6.97. The van der Waals surface area contributed by atoms with Gasteiger partial charge in [-0.05, 0) is 25.0 Å². The van der Waals surface area contributed by atoms with Gasteiger partial charge < -0.3 is 5.32 Å². The molecule has 21 heavy (non-hydrogen) atoms. The van der Waals surface area contributed by atoms with E-state index in [1.54, 1.807) is 0 Å². The topological polar surface area (TPSA) is 63.2 Å². The van der Waals surface area contributed by atoms with E-state index in [1.807, 2.05) is 13.8 Å². The van der Waals surface area contributed by atoms with E-state index in [1.165, 1.54) is 12.1 Å². The normalized spacial score (nSPS) is 13.0. The zero-order chi connectivity index (χ0) is 16.2. The number of nitrogens with one attached hydrogen (secondary N) is 1. The van der Waals surface area contributed by atoms with Crippen molar-refractivity contribution in [2.45, 2.75) is 44.0 Å². The van der Waals surface area contributed by atoms with E-state index in [-0.39, 0.29) is 21.5 Å². The van der Waals surface area contributed by atoms with Crippen LogP contribution in [0.2, 0.25) is 5.02 Å². The summed E-state index contributed by atoms with van der Waals surface area (Å²) in [6.07, 6.45) is 2.56. The minimum atomic E-state index is -4.03. The summed E-state index contributed by atoms with van der Waals surface area (Å²) in [5, 5.41) is 2.68. The Hall–Kier alpha value is -0.300. The van der Waals surface area contributed by atoms with Crippen LogP contribution in [0.3, 0.4) is 0 Å². The number of rotatable bonds is 6. The average molecular weight is 417 g/mol. The third-order valence-corrected chi connectivity index (χ3v) is 5.30. The number of halogens is 3. The van der Waals surface area contributed by atoms with Gasteiger partial charge in [-0.3, -0.25) is 4.79 Å². The van der Waals surface area contributed by atoms with Gasteiger partial charge in [-0.1, -0.05) is 47.8 Å². The maximum atomic E-state index is 12.3. The minimum Gasteiger partial charge on any atom is -0.349 e. The number of amides is 1. The van der Waals surface area contributed by atoms with Crippen LogP contribution < -0.4 is 5.32 Å². The second-order valence-corrected chi connectivity index (χ2v) is 8.40. The van der Waals surface area contributed by atoms with E-state index in [9.17, 15) is 13.2 Å². The molecule has 4 nitrogen and oxygen atoms in total.